The molecule has 1 unspecified atom stereocenters. The summed E-state index contributed by atoms with van der Waals surface area (Å²) in [6, 6.07) is 20.0. The first-order valence-corrected chi connectivity index (χ1v) is 12.0. The molecule has 1 heterocycles. The molecule has 1 N–H and O–H groups in total. The molecule has 0 aromatic heterocycles. The van der Waals surface area contributed by atoms with Gasteiger partial charge in [0.25, 0.3) is 0 Å². The van der Waals surface area contributed by atoms with Crippen molar-refractivity contribution in [2.45, 2.75) is 39.2 Å². The molecule has 0 radical (unpaired) electrons. The Hall–Kier alpha value is -3.44. The Morgan fingerprint density at radius 2 is 1.71 bits per heavy atom. The number of benzene rings is 3. The zero-order chi connectivity index (χ0) is 24.7. The number of rotatable bonds is 3. The van der Waals surface area contributed by atoms with E-state index in [0.29, 0.717) is 40.4 Å². The van der Waals surface area contributed by atoms with Gasteiger partial charge in [0.05, 0.1) is 23.8 Å². The van der Waals surface area contributed by atoms with Gasteiger partial charge in [-0.2, -0.15) is 0 Å². The lowest BCUT2D eigenvalue weighted by atomic mass is 9.73. The molecule has 6 heteroatoms. The normalized spacial score (nSPS) is 18.9. The highest BCUT2D eigenvalue weighted by atomic mass is 35.5. The van der Waals surface area contributed by atoms with E-state index in [9.17, 15) is 9.59 Å². The summed E-state index contributed by atoms with van der Waals surface area (Å²) < 4.78 is 15.3. The lowest BCUT2D eigenvalue weighted by Crippen LogP contribution is -2.40. The van der Waals surface area contributed by atoms with Crippen LogP contribution in [-0.4, -0.2) is 11.7 Å². The predicted molar refractivity (Wildman–Crippen MR) is 137 cm³/mol. The number of anilines is 2. The molecule has 1 aliphatic heterocycles. The van der Waals surface area contributed by atoms with E-state index in [1.807, 2.05) is 24.3 Å². The molecule has 0 saturated heterocycles. The highest BCUT2D eigenvalue weighted by Gasteiger charge is 2.43. The molecule has 0 saturated carbocycles. The summed E-state index contributed by atoms with van der Waals surface area (Å²) in [7, 11) is 0. The zero-order valence-corrected chi connectivity index (χ0v) is 20.4. The van der Waals surface area contributed by atoms with Crippen LogP contribution >= 0.6 is 11.6 Å². The van der Waals surface area contributed by atoms with Crippen LogP contribution in [0.15, 0.2) is 84.1 Å². The summed E-state index contributed by atoms with van der Waals surface area (Å²) in [5.41, 5.74) is 3.36. The second-order valence-corrected chi connectivity index (χ2v) is 10.4. The van der Waals surface area contributed by atoms with Gasteiger partial charge < -0.3 is 5.32 Å². The molecule has 1 atom stereocenters. The van der Waals surface area contributed by atoms with Crippen LogP contribution in [-0.2, 0) is 16.0 Å². The van der Waals surface area contributed by atoms with E-state index in [2.05, 4.69) is 19.2 Å². The number of hydrogen-bond acceptors (Lipinski definition) is 3. The third kappa shape index (κ3) is 4.48. The fourth-order valence-electron chi connectivity index (χ4n) is 5.12. The molecule has 4 nitrogen and oxygen atoms in total. The summed E-state index contributed by atoms with van der Waals surface area (Å²) >= 11 is 6.03. The van der Waals surface area contributed by atoms with Crippen LogP contribution in [0.4, 0.5) is 15.8 Å². The van der Waals surface area contributed by atoms with E-state index < -0.39 is 11.9 Å². The van der Waals surface area contributed by atoms with Crippen LogP contribution in [0.1, 0.15) is 43.9 Å². The van der Waals surface area contributed by atoms with Crippen LogP contribution in [0.2, 0.25) is 5.02 Å². The van der Waals surface area contributed by atoms with E-state index in [1.165, 1.54) is 6.07 Å². The molecule has 5 rings (SSSR count). The van der Waals surface area contributed by atoms with Crippen molar-refractivity contribution in [2.24, 2.45) is 5.41 Å². The fourth-order valence-corrected chi connectivity index (χ4v) is 5.24. The Kier molecular flexibility index (Phi) is 5.97. The number of carbonyl (C=O) groups is 2. The van der Waals surface area contributed by atoms with Gasteiger partial charge in [-0.1, -0.05) is 67.9 Å². The first-order valence-electron chi connectivity index (χ1n) is 11.7. The molecule has 0 spiro atoms. The SMILES string of the molecule is CC1(C)CC(=O)C2=C(C1)Nc1ccccc1N(C(=O)Cc1ccc(Cl)cc1)C2c1ccccc1F. The Labute approximate surface area is 209 Å². The predicted octanol–water partition coefficient (Wildman–Crippen LogP) is 6.86. The van der Waals surface area contributed by atoms with Gasteiger partial charge in [-0.3, -0.25) is 14.5 Å². The van der Waals surface area contributed by atoms with Crippen LogP contribution < -0.4 is 10.2 Å². The summed E-state index contributed by atoms with van der Waals surface area (Å²) in [5, 5.41) is 4.03. The maximum atomic E-state index is 15.3. The summed E-state index contributed by atoms with van der Waals surface area (Å²) in [4.78, 5) is 29.2. The first kappa shape index (κ1) is 23.3. The number of nitrogens with one attached hydrogen (secondary N) is 1. The lowest BCUT2D eigenvalue weighted by Gasteiger charge is -2.37. The van der Waals surface area contributed by atoms with Gasteiger partial charge >= 0.3 is 0 Å². The molecular weight excluding hydrogens is 463 g/mol. The summed E-state index contributed by atoms with van der Waals surface area (Å²) in [6.45, 7) is 4.10. The topological polar surface area (TPSA) is 49.4 Å². The minimum atomic E-state index is -0.884. The Morgan fingerprint density at radius 3 is 2.46 bits per heavy atom. The molecule has 1 aliphatic carbocycles. The maximum Gasteiger partial charge on any atom is 0.232 e. The van der Waals surface area contributed by atoms with Gasteiger partial charge in [0.2, 0.25) is 5.91 Å². The molecule has 178 valence electrons. The van der Waals surface area contributed by atoms with Crippen molar-refractivity contribution in [2.75, 3.05) is 10.2 Å². The molecule has 1 amide bonds. The van der Waals surface area contributed by atoms with Gasteiger partial charge in [0.1, 0.15) is 5.82 Å². The van der Waals surface area contributed by atoms with Gasteiger partial charge in [-0.05, 0) is 47.7 Å². The number of allylic oxidation sites excluding steroid dienone is 1. The number of amides is 1. The molecular formula is C29H26ClFN2O2. The van der Waals surface area contributed by atoms with Crippen LogP contribution in [0.3, 0.4) is 0 Å². The van der Waals surface area contributed by atoms with Gasteiger partial charge in [-0.25, -0.2) is 4.39 Å². The van der Waals surface area contributed by atoms with Crippen molar-refractivity contribution >= 4 is 34.7 Å². The second kappa shape index (κ2) is 8.97. The average Bonchev–Trinajstić information content (AvgIpc) is 2.94. The fraction of sp³-hybridized carbons (Fsp3) is 0.241. The van der Waals surface area contributed by atoms with E-state index in [1.54, 1.807) is 47.4 Å². The number of para-hydroxylation sites is 2. The smallest absolute Gasteiger partial charge is 0.232 e. The molecule has 3 aromatic carbocycles. The van der Waals surface area contributed by atoms with Gasteiger partial charge in [0.15, 0.2) is 5.78 Å². The van der Waals surface area contributed by atoms with Gasteiger partial charge in [0, 0.05) is 28.3 Å². The minimum absolute atomic E-state index is 0.0749. The molecule has 0 bridgehead atoms. The first-order chi connectivity index (χ1) is 16.7. The van der Waals surface area contributed by atoms with E-state index in [0.717, 1.165) is 11.3 Å². The van der Waals surface area contributed by atoms with Crippen molar-refractivity contribution < 1.29 is 14.0 Å². The number of nitrogens with zero attached hydrogens (tertiary/aromatic N) is 1. The highest BCUT2D eigenvalue weighted by molar-refractivity contribution is 6.30. The average molecular weight is 489 g/mol. The Bertz CT molecular complexity index is 1350. The number of carbonyl (C=O) groups excluding carboxylic acids is 2. The van der Waals surface area contributed by atoms with Crippen molar-refractivity contribution in [3.05, 3.63) is 106 Å². The second-order valence-electron chi connectivity index (χ2n) is 9.97. The van der Waals surface area contributed by atoms with Crippen LogP contribution in [0.5, 0.6) is 0 Å². The molecule has 35 heavy (non-hydrogen) atoms. The van der Waals surface area contributed by atoms with Crippen molar-refractivity contribution in [3.8, 4) is 0 Å². The number of halogens is 2. The van der Waals surface area contributed by atoms with Crippen molar-refractivity contribution in [1.82, 2.24) is 0 Å². The summed E-state index contributed by atoms with van der Waals surface area (Å²) in [5.74, 6) is -0.763. The molecule has 3 aromatic rings. The quantitative estimate of drug-likeness (QED) is 0.438. The number of ketones is 1. The number of hydrogen-bond donors (Lipinski definition) is 1. The largest absolute Gasteiger partial charge is 0.357 e. The lowest BCUT2D eigenvalue weighted by molar-refractivity contribution is -0.119. The third-order valence-corrected chi connectivity index (χ3v) is 6.89. The van der Waals surface area contributed by atoms with Gasteiger partial charge in [-0.15, -0.1) is 0 Å². The minimum Gasteiger partial charge on any atom is -0.357 e. The number of Topliss-reactive ketones (excluding diaryl/α,β-unsaturated/α-hetero) is 1. The van der Waals surface area contributed by atoms with Crippen LogP contribution in [0, 0.1) is 11.2 Å². The third-order valence-electron chi connectivity index (χ3n) is 6.64. The Morgan fingerprint density at radius 1 is 1.03 bits per heavy atom. The monoisotopic (exact) mass is 488 g/mol. The summed E-state index contributed by atoms with van der Waals surface area (Å²) in [6.07, 6.45) is 1.03. The standard InChI is InChI=1S/C29H26ClFN2O2/c1-29(2)16-23-27(25(34)17-29)28(20-7-3-4-8-21(20)31)33(24-10-6-5-9-22(24)32-23)26(35)15-18-11-13-19(30)14-12-18/h3-14,28,32H,15-17H2,1-2H3. The zero-order valence-electron chi connectivity index (χ0n) is 19.6. The van der Waals surface area contributed by atoms with E-state index in [-0.39, 0.29) is 23.5 Å². The maximum absolute atomic E-state index is 15.3. The van der Waals surface area contributed by atoms with Crippen LogP contribution in [0.25, 0.3) is 0 Å². The highest BCUT2D eigenvalue weighted by Crippen LogP contribution is 2.48. The molecule has 0 fully saturated rings. The van der Waals surface area contributed by atoms with Crippen molar-refractivity contribution in [1.29, 1.82) is 0 Å². The van der Waals surface area contributed by atoms with E-state index in [4.69, 9.17) is 11.6 Å². The molecule has 2 aliphatic rings. The Balaban J connectivity index is 1.72. The van der Waals surface area contributed by atoms with Crippen molar-refractivity contribution in [3.63, 3.8) is 0 Å². The van der Waals surface area contributed by atoms with E-state index >= 15 is 4.39 Å². The number of fused-ring (bicyclic) bond motifs is 1.